The third-order valence-electron chi connectivity index (χ3n) is 4.62. The van der Waals surface area contributed by atoms with Crippen LogP contribution in [0.1, 0.15) is 16.4 Å². The van der Waals surface area contributed by atoms with Gasteiger partial charge in [-0.25, -0.2) is 9.67 Å². The molecule has 0 spiro atoms. The second-order valence-electron chi connectivity index (χ2n) is 6.49. The number of aryl methyl sites for hydroxylation is 1. The first-order valence-electron chi connectivity index (χ1n) is 8.60. The number of nitrogens with one attached hydrogen (secondary N) is 2. The molecule has 0 unspecified atom stereocenters. The van der Waals surface area contributed by atoms with Gasteiger partial charge in [-0.3, -0.25) is 14.7 Å². The molecule has 0 saturated heterocycles. The maximum Gasteiger partial charge on any atom is 0.291 e. The van der Waals surface area contributed by atoms with Crippen molar-refractivity contribution in [3.63, 3.8) is 0 Å². The number of nitrogens with zero attached hydrogens (tertiary/aromatic N) is 5. The zero-order chi connectivity index (χ0) is 19.3. The van der Waals surface area contributed by atoms with E-state index in [0.717, 1.165) is 26.4 Å². The van der Waals surface area contributed by atoms with Crippen LogP contribution in [0.5, 0.6) is 0 Å². The number of rotatable bonds is 4. The van der Waals surface area contributed by atoms with Crippen molar-refractivity contribution in [3.8, 4) is 0 Å². The lowest BCUT2D eigenvalue weighted by molar-refractivity contribution is 0.631. The highest BCUT2D eigenvalue weighted by atomic mass is 32.1. The number of hydrogen-bond acceptors (Lipinski definition) is 6. The maximum absolute atomic E-state index is 13.0. The number of hydrogen-bond donors (Lipinski definition) is 2. The highest BCUT2D eigenvalue weighted by Gasteiger charge is 2.18. The first-order valence-corrected chi connectivity index (χ1v) is 9.42. The van der Waals surface area contributed by atoms with Gasteiger partial charge in [0.1, 0.15) is 10.5 Å². The summed E-state index contributed by atoms with van der Waals surface area (Å²) < 4.78 is 4.10. The van der Waals surface area contributed by atoms with E-state index in [4.69, 9.17) is 4.98 Å². The van der Waals surface area contributed by atoms with Crippen LogP contribution in [0, 0.1) is 0 Å². The molecular weight excluding hydrogens is 378 g/mol. The minimum atomic E-state index is -0.218. The van der Waals surface area contributed by atoms with Crippen molar-refractivity contribution in [1.29, 1.82) is 0 Å². The van der Waals surface area contributed by atoms with Gasteiger partial charge in [-0.1, -0.05) is 6.07 Å². The molecule has 0 aliphatic rings. The Morgan fingerprint density at radius 3 is 2.86 bits per heavy atom. The Bertz CT molecular complexity index is 1420. The number of aromatic nitrogens is 7. The summed E-state index contributed by atoms with van der Waals surface area (Å²) in [6.45, 7) is 0.197. The van der Waals surface area contributed by atoms with Crippen molar-refractivity contribution in [3.05, 3.63) is 73.8 Å². The van der Waals surface area contributed by atoms with Crippen molar-refractivity contribution in [2.45, 2.75) is 13.0 Å². The van der Waals surface area contributed by atoms with Gasteiger partial charge in [0.05, 0.1) is 17.4 Å². The van der Waals surface area contributed by atoms with Gasteiger partial charge in [0.15, 0.2) is 5.65 Å². The van der Waals surface area contributed by atoms with Gasteiger partial charge >= 0.3 is 0 Å². The van der Waals surface area contributed by atoms with Gasteiger partial charge in [-0.15, -0.1) is 11.3 Å². The molecule has 5 rings (SSSR count). The molecule has 0 bridgehead atoms. The molecule has 9 nitrogen and oxygen atoms in total. The number of fused-ring (bicyclic) bond motifs is 3. The quantitative estimate of drug-likeness (QED) is 0.479. The Balaban J connectivity index is 1.60. The van der Waals surface area contributed by atoms with Gasteiger partial charge in [-0.05, 0) is 12.1 Å². The summed E-state index contributed by atoms with van der Waals surface area (Å²) in [7, 11) is 1.83. The molecule has 0 aliphatic heterocycles. The summed E-state index contributed by atoms with van der Waals surface area (Å²) in [6, 6.07) is 6.76. The fraction of sp³-hybridized carbons (Fsp3) is 0.167. The van der Waals surface area contributed by atoms with E-state index in [9.17, 15) is 9.59 Å². The van der Waals surface area contributed by atoms with Crippen molar-refractivity contribution in [1.82, 2.24) is 34.5 Å². The lowest BCUT2D eigenvalue weighted by atomic mass is 10.3. The summed E-state index contributed by atoms with van der Waals surface area (Å²) in [6.07, 6.45) is 4.06. The first-order chi connectivity index (χ1) is 13.6. The molecule has 5 aromatic heterocycles. The molecule has 28 heavy (non-hydrogen) atoms. The molecule has 2 N–H and O–H groups in total. The summed E-state index contributed by atoms with van der Waals surface area (Å²) in [5.74, 6) is 0. The molecule has 140 valence electrons. The zero-order valence-corrected chi connectivity index (χ0v) is 15.7. The summed E-state index contributed by atoms with van der Waals surface area (Å²) in [5.41, 5.74) is 2.50. The standard InChI is InChI=1S/C18H15N7O2S/c1-24-15-12(16-17(24)22-14(28-16)7-10-5-6-19-23-10)8-20-25(18(15)27)9-11-3-2-4-13(26)21-11/h2-6,8H,7,9H2,1H3,(H,19,23)(H,21,26). The van der Waals surface area contributed by atoms with Crippen LogP contribution in [0.3, 0.4) is 0 Å². The van der Waals surface area contributed by atoms with Crippen molar-refractivity contribution in [2.24, 2.45) is 7.05 Å². The molecule has 0 aromatic carbocycles. The fourth-order valence-corrected chi connectivity index (χ4v) is 4.44. The summed E-state index contributed by atoms with van der Waals surface area (Å²) in [5, 5.41) is 12.9. The van der Waals surface area contributed by atoms with E-state index in [1.165, 1.54) is 10.7 Å². The maximum atomic E-state index is 13.0. The van der Waals surface area contributed by atoms with Crippen molar-refractivity contribution >= 4 is 32.6 Å². The van der Waals surface area contributed by atoms with Gasteiger partial charge in [-0.2, -0.15) is 10.2 Å². The van der Waals surface area contributed by atoms with Crippen molar-refractivity contribution in [2.75, 3.05) is 0 Å². The van der Waals surface area contributed by atoms with Gasteiger partial charge in [0.2, 0.25) is 5.56 Å². The summed E-state index contributed by atoms with van der Waals surface area (Å²) in [4.78, 5) is 31.9. The van der Waals surface area contributed by atoms with Crippen LogP contribution in [0.15, 0.2) is 46.2 Å². The van der Waals surface area contributed by atoms with E-state index in [1.54, 1.807) is 35.9 Å². The van der Waals surface area contributed by atoms with Crippen molar-refractivity contribution < 1.29 is 0 Å². The predicted octanol–water partition coefficient (Wildman–Crippen LogP) is 1.40. The lowest BCUT2D eigenvalue weighted by Crippen LogP contribution is -2.25. The molecule has 0 saturated carbocycles. The summed E-state index contributed by atoms with van der Waals surface area (Å²) >= 11 is 1.55. The Morgan fingerprint density at radius 1 is 1.18 bits per heavy atom. The first kappa shape index (κ1) is 16.6. The van der Waals surface area contributed by atoms with Gasteiger partial charge < -0.3 is 9.55 Å². The van der Waals surface area contributed by atoms with Crippen LogP contribution in [0.25, 0.3) is 21.3 Å². The SMILES string of the molecule is Cn1c2nc(Cc3ccn[nH]3)sc2c2cnn(Cc3cccc(=O)[nH]3)c(=O)c21. The second kappa shape index (κ2) is 6.27. The normalized spacial score (nSPS) is 11.6. The van der Waals surface area contributed by atoms with Crippen LogP contribution in [-0.2, 0) is 20.0 Å². The molecule has 5 aromatic rings. The average Bonchev–Trinajstić information content (AvgIpc) is 3.37. The number of thiazole rings is 1. The zero-order valence-electron chi connectivity index (χ0n) is 14.8. The number of aromatic amines is 2. The third-order valence-corrected chi connectivity index (χ3v) is 5.70. The average molecular weight is 393 g/mol. The van der Waals surface area contributed by atoms with E-state index in [-0.39, 0.29) is 17.7 Å². The Labute approximate surface area is 161 Å². The molecule has 0 atom stereocenters. The van der Waals surface area contributed by atoms with Crippen LogP contribution >= 0.6 is 11.3 Å². The third kappa shape index (κ3) is 2.65. The van der Waals surface area contributed by atoms with E-state index >= 15 is 0 Å². The predicted molar refractivity (Wildman–Crippen MR) is 106 cm³/mol. The molecular formula is C18H15N7O2S. The highest BCUT2D eigenvalue weighted by molar-refractivity contribution is 7.19. The Kier molecular flexibility index (Phi) is 3.72. The van der Waals surface area contributed by atoms with Gasteiger partial charge in [0.25, 0.3) is 5.56 Å². The van der Waals surface area contributed by atoms with E-state index in [2.05, 4.69) is 20.3 Å². The topological polar surface area (TPSA) is 114 Å². The minimum Gasteiger partial charge on any atom is -0.324 e. The highest BCUT2D eigenvalue weighted by Crippen LogP contribution is 2.31. The molecule has 0 aliphatic carbocycles. The smallest absolute Gasteiger partial charge is 0.291 e. The van der Waals surface area contributed by atoms with E-state index in [0.29, 0.717) is 17.6 Å². The number of pyridine rings is 1. The van der Waals surface area contributed by atoms with E-state index < -0.39 is 0 Å². The molecule has 5 heterocycles. The minimum absolute atomic E-state index is 0.197. The molecule has 0 amide bonds. The Hall–Kier alpha value is -3.53. The molecule has 0 radical (unpaired) electrons. The van der Waals surface area contributed by atoms with Crippen LogP contribution < -0.4 is 11.1 Å². The monoisotopic (exact) mass is 393 g/mol. The van der Waals surface area contributed by atoms with Gasteiger partial charge in [0, 0.05) is 42.5 Å². The van der Waals surface area contributed by atoms with Crippen LogP contribution in [0.2, 0.25) is 0 Å². The Morgan fingerprint density at radius 2 is 2.07 bits per heavy atom. The lowest BCUT2D eigenvalue weighted by Gasteiger charge is -2.05. The van der Waals surface area contributed by atoms with Crippen LogP contribution in [-0.4, -0.2) is 34.5 Å². The fourth-order valence-electron chi connectivity index (χ4n) is 3.31. The van der Waals surface area contributed by atoms with Crippen LogP contribution in [0.4, 0.5) is 0 Å². The number of H-pyrrole nitrogens is 2. The second-order valence-corrected chi connectivity index (χ2v) is 7.57. The largest absolute Gasteiger partial charge is 0.324 e. The molecule has 10 heteroatoms. The van der Waals surface area contributed by atoms with E-state index in [1.807, 2.05) is 17.7 Å². The molecule has 0 fully saturated rings.